The number of hydrogen-bond donors (Lipinski definition) is 1. The summed E-state index contributed by atoms with van der Waals surface area (Å²) < 4.78 is 8.09. The molecule has 0 aliphatic heterocycles. The molecule has 1 aromatic carbocycles. The molecule has 2 N–H and O–H groups in total. The Kier molecular flexibility index (Phi) is 4.61. The second-order valence-corrected chi connectivity index (χ2v) is 6.72. The lowest BCUT2D eigenvalue weighted by Crippen LogP contribution is -2.03. The maximum absolute atomic E-state index is 9.32. The average molecular weight is 359 g/mol. The molecule has 0 saturated carbocycles. The molecule has 0 atom stereocenters. The predicted octanol–water partition coefficient (Wildman–Crippen LogP) is 3.14. The van der Waals surface area contributed by atoms with Gasteiger partial charge in [-0.2, -0.15) is 10.4 Å². The van der Waals surface area contributed by atoms with Crippen LogP contribution in [0.15, 0.2) is 36.5 Å². The van der Waals surface area contributed by atoms with Crippen LogP contribution in [0.3, 0.4) is 0 Å². The lowest BCUT2D eigenvalue weighted by molar-refractivity contribution is 0.426. The molecule has 136 valence electrons. The molecule has 2 aromatic heterocycles. The first-order valence-electron chi connectivity index (χ1n) is 9.11. The number of rotatable bonds is 5. The van der Waals surface area contributed by atoms with Crippen LogP contribution in [0.1, 0.15) is 28.8 Å². The number of pyridine rings is 1. The van der Waals surface area contributed by atoms with Crippen LogP contribution < -0.4 is 10.5 Å². The second-order valence-electron chi connectivity index (χ2n) is 6.72. The Morgan fingerprint density at radius 3 is 2.96 bits per heavy atom. The first-order chi connectivity index (χ1) is 13.2. The van der Waals surface area contributed by atoms with Crippen LogP contribution in [-0.2, 0) is 26.3 Å². The third kappa shape index (κ3) is 3.29. The van der Waals surface area contributed by atoms with E-state index in [1.54, 1.807) is 23.0 Å². The summed E-state index contributed by atoms with van der Waals surface area (Å²) >= 11 is 0. The van der Waals surface area contributed by atoms with Gasteiger partial charge in [0.05, 0.1) is 23.0 Å². The fraction of sp³-hybridized carbons (Fsp3) is 0.286. The summed E-state index contributed by atoms with van der Waals surface area (Å²) in [4.78, 5) is 4.51. The smallest absolute Gasteiger partial charge is 0.221 e. The highest BCUT2D eigenvalue weighted by molar-refractivity contribution is 5.69. The van der Waals surface area contributed by atoms with E-state index < -0.39 is 0 Å². The Balaban J connectivity index is 1.78. The fourth-order valence-electron chi connectivity index (χ4n) is 3.55. The van der Waals surface area contributed by atoms with Crippen molar-refractivity contribution >= 4 is 0 Å². The SMILES string of the molecule is Cn1nc2c(c1Oc1cc(C#N)ccc1-c1cc(CCN)ccn1)CCC2. The molecule has 0 amide bonds. The standard InChI is InChI=1S/C21H21N5O/c1-26-21(17-3-2-4-18(17)25-26)27-20-12-15(13-23)5-6-16(20)19-11-14(7-9-22)8-10-24-19/h5-6,8,10-12H,2-4,7,9,22H2,1H3. The van der Waals surface area contributed by atoms with Gasteiger partial charge in [0.25, 0.3) is 0 Å². The molecule has 0 spiro atoms. The van der Waals surface area contributed by atoms with Gasteiger partial charge >= 0.3 is 0 Å². The number of benzene rings is 1. The van der Waals surface area contributed by atoms with Crippen LogP contribution in [-0.4, -0.2) is 21.3 Å². The van der Waals surface area contributed by atoms with Gasteiger partial charge in [0.1, 0.15) is 5.75 Å². The third-order valence-electron chi connectivity index (χ3n) is 4.86. The van der Waals surface area contributed by atoms with Crippen LogP contribution in [0.5, 0.6) is 11.6 Å². The number of aromatic nitrogens is 3. The average Bonchev–Trinajstić information content (AvgIpc) is 3.24. The summed E-state index contributed by atoms with van der Waals surface area (Å²) in [5.41, 5.74) is 11.3. The molecule has 0 bridgehead atoms. The first-order valence-corrected chi connectivity index (χ1v) is 9.11. The van der Waals surface area contributed by atoms with Gasteiger partial charge in [-0.25, -0.2) is 4.68 Å². The van der Waals surface area contributed by atoms with Crippen LogP contribution in [0.2, 0.25) is 0 Å². The Hall–Kier alpha value is -3.17. The van der Waals surface area contributed by atoms with Crippen molar-refractivity contribution in [3.05, 3.63) is 58.9 Å². The molecule has 3 aromatic rings. The molecule has 6 nitrogen and oxygen atoms in total. The van der Waals surface area contributed by atoms with Gasteiger partial charge in [-0.3, -0.25) is 4.98 Å². The summed E-state index contributed by atoms with van der Waals surface area (Å²) in [7, 11) is 1.89. The number of hydrogen-bond acceptors (Lipinski definition) is 5. The summed E-state index contributed by atoms with van der Waals surface area (Å²) in [5.74, 6) is 1.36. The predicted molar refractivity (Wildman–Crippen MR) is 102 cm³/mol. The molecular weight excluding hydrogens is 338 g/mol. The van der Waals surface area contributed by atoms with E-state index in [9.17, 15) is 5.26 Å². The summed E-state index contributed by atoms with van der Waals surface area (Å²) in [6, 6.07) is 11.6. The number of nitriles is 1. The van der Waals surface area contributed by atoms with Crippen LogP contribution in [0.4, 0.5) is 0 Å². The molecule has 0 radical (unpaired) electrons. The van der Waals surface area contributed by atoms with E-state index in [-0.39, 0.29) is 0 Å². The highest BCUT2D eigenvalue weighted by Gasteiger charge is 2.23. The second kappa shape index (κ2) is 7.22. The first kappa shape index (κ1) is 17.3. The minimum Gasteiger partial charge on any atom is -0.438 e. The van der Waals surface area contributed by atoms with Gasteiger partial charge < -0.3 is 10.5 Å². The van der Waals surface area contributed by atoms with E-state index in [1.165, 1.54) is 0 Å². The third-order valence-corrected chi connectivity index (χ3v) is 4.86. The minimum atomic E-state index is 0.547. The van der Waals surface area contributed by atoms with Crippen LogP contribution >= 0.6 is 0 Å². The molecule has 6 heteroatoms. The zero-order valence-electron chi connectivity index (χ0n) is 15.3. The van der Waals surface area contributed by atoms with Gasteiger partial charge in [-0.1, -0.05) is 0 Å². The van der Waals surface area contributed by atoms with Gasteiger partial charge in [0.2, 0.25) is 5.88 Å². The number of ether oxygens (including phenoxy) is 1. The van der Waals surface area contributed by atoms with Gasteiger partial charge in [-0.15, -0.1) is 0 Å². The minimum absolute atomic E-state index is 0.547. The monoisotopic (exact) mass is 359 g/mol. The highest BCUT2D eigenvalue weighted by atomic mass is 16.5. The largest absolute Gasteiger partial charge is 0.438 e. The summed E-state index contributed by atoms with van der Waals surface area (Å²) in [6.07, 6.45) is 5.63. The molecule has 2 heterocycles. The quantitative estimate of drug-likeness (QED) is 0.756. The van der Waals surface area contributed by atoms with Crippen LogP contribution in [0.25, 0.3) is 11.3 Å². The van der Waals surface area contributed by atoms with Crippen molar-refractivity contribution in [2.45, 2.75) is 25.7 Å². The Bertz CT molecular complexity index is 1030. The maximum Gasteiger partial charge on any atom is 0.221 e. The Morgan fingerprint density at radius 2 is 2.15 bits per heavy atom. The van der Waals surface area contributed by atoms with Crippen molar-refractivity contribution in [1.29, 1.82) is 5.26 Å². The molecule has 0 fully saturated rings. The van der Waals surface area contributed by atoms with Crippen LogP contribution in [0, 0.1) is 11.3 Å². The lowest BCUT2D eigenvalue weighted by Gasteiger charge is -2.13. The van der Waals surface area contributed by atoms with E-state index in [0.717, 1.165) is 59.6 Å². The number of fused-ring (bicyclic) bond motifs is 1. The van der Waals surface area contributed by atoms with E-state index in [2.05, 4.69) is 16.2 Å². The number of nitrogens with zero attached hydrogens (tertiary/aromatic N) is 4. The maximum atomic E-state index is 9.32. The summed E-state index contributed by atoms with van der Waals surface area (Å²) in [6.45, 7) is 0.585. The molecule has 4 rings (SSSR count). The van der Waals surface area contributed by atoms with E-state index in [1.807, 2.05) is 25.2 Å². The van der Waals surface area contributed by atoms with Gasteiger partial charge in [0, 0.05) is 24.4 Å². The zero-order chi connectivity index (χ0) is 18.8. The van der Waals surface area contributed by atoms with E-state index >= 15 is 0 Å². The van der Waals surface area contributed by atoms with E-state index in [0.29, 0.717) is 17.9 Å². The topological polar surface area (TPSA) is 89.8 Å². The van der Waals surface area contributed by atoms with E-state index in [4.69, 9.17) is 10.5 Å². The van der Waals surface area contributed by atoms with Crippen molar-refractivity contribution in [3.63, 3.8) is 0 Å². The lowest BCUT2D eigenvalue weighted by atomic mass is 10.0. The van der Waals surface area contributed by atoms with Crippen molar-refractivity contribution in [2.75, 3.05) is 6.54 Å². The fourth-order valence-corrected chi connectivity index (χ4v) is 3.55. The van der Waals surface area contributed by atoms with Crippen molar-refractivity contribution in [1.82, 2.24) is 14.8 Å². The van der Waals surface area contributed by atoms with Gasteiger partial charge in [0.15, 0.2) is 0 Å². The normalized spacial score (nSPS) is 12.6. The zero-order valence-corrected chi connectivity index (χ0v) is 15.3. The summed E-state index contributed by atoms with van der Waals surface area (Å²) in [5, 5.41) is 13.9. The number of aryl methyl sites for hydroxylation is 2. The molecule has 27 heavy (non-hydrogen) atoms. The van der Waals surface area contributed by atoms with Gasteiger partial charge in [-0.05, 0) is 68.1 Å². The van der Waals surface area contributed by atoms with Crippen molar-refractivity contribution in [3.8, 4) is 29.0 Å². The van der Waals surface area contributed by atoms with Crippen molar-refractivity contribution in [2.24, 2.45) is 12.8 Å². The highest BCUT2D eigenvalue weighted by Crippen LogP contribution is 2.37. The molecule has 0 unspecified atom stereocenters. The molecule has 0 saturated heterocycles. The number of nitrogens with two attached hydrogens (primary N) is 1. The Labute approximate surface area is 158 Å². The Morgan fingerprint density at radius 1 is 1.26 bits per heavy atom. The molecule has 1 aliphatic rings. The molecular formula is C21H21N5O. The van der Waals surface area contributed by atoms with Crippen molar-refractivity contribution < 1.29 is 4.74 Å². The molecule has 1 aliphatic carbocycles.